The Kier molecular flexibility index (Phi) is 5.91. The van der Waals surface area contributed by atoms with Crippen molar-refractivity contribution in [2.75, 3.05) is 32.2 Å². The molecule has 0 aromatic heterocycles. The Balaban J connectivity index is 0.00000162. The number of ether oxygens (including phenoxy) is 2. The van der Waals surface area contributed by atoms with Gasteiger partial charge in [-0.1, -0.05) is 0 Å². The molecule has 0 saturated carbocycles. The van der Waals surface area contributed by atoms with E-state index in [1.54, 1.807) is 0 Å². The normalized spacial score (nSPS) is 13.6. The number of hydrogen-bond donors (Lipinski definition) is 2. The van der Waals surface area contributed by atoms with Crippen molar-refractivity contribution >= 4 is 24.0 Å². The Labute approximate surface area is 112 Å². The van der Waals surface area contributed by atoms with E-state index < -0.39 is 0 Å². The van der Waals surface area contributed by atoms with Gasteiger partial charge in [-0.05, 0) is 18.2 Å². The SMILES string of the molecule is COCC(=O)Nc1ccc2c(c1)CNCCO2.Cl. The molecule has 5 nitrogen and oxygen atoms in total. The molecular weight excluding hydrogens is 256 g/mol. The Hall–Kier alpha value is -1.30. The van der Waals surface area contributed by atoms with Crippen LogP contribution in [-0.4, -0.2) is 32.8 Å². The molecule has 0 unspecified atom stereocenters. The highest BCUT2D eigenvalue weighted by atomic mass is 35.5. The van der Waals surface area contributed by atoms with Gasteiger partial charge in [-0.15, -0.1) is 12.4 Å². The van der Waals surface area contributed by atoms with Crippen LogP contribution in [0.5, 0.6) is 5.75 Å². The Morgan fingerprint density at radius 2 is 2.39 bits per heavy atom. The second kappa shape index (κ2) is 7.20. The molecule has 1 amide bonds. The molecule has 6 heteroatoms. The van der Waals surface area contributed by atoms with Crippen LogP contribution in [-0.2, 0) is 16.1 Å². The van der Waals surface area contributed by atoms with Crippen molar-refractivity contribution in [3.05, 3.63) is 23.8 Å². The van der Waals surface area contributed by atoms with Gasteiger partial charge in [-0.25, -0.2) is 0 Å². The van der Waals surface area contributed by atoms with Crippen molar-refractivity contribution in [2.45, 2.75) is 6.54 Å². The van der Waals surface area contributed by atoms with Crippen LogP contribution in [0.2, 0.25) is 0 Å². The second-order valence-corrected chi connectivity index (χ2v) is 3.83. The summed E-state index contributed by atoms with van der Waals surface area (Å²) in [5.74, 6) is 0.717. The van der Waals surface area contributed by atoms with Gasteiger partial charge in [-0.2, -0.15) is 0 Å². The molecule has 0 aliphatic carbocycles. The Morgan fingerprint density at radius 3 is 3.17 bits per heavy atom. The van der Waals surface area contributed by atoms with E-state index in [1.165, 1.54) is 7.11 Å². The zero-order valence-corrected chi connectivity index (χ0v) is 11.0. The Morgan fingerprint density at radius 1 is 1.56 bits per heavy atom. The first-order valence-electron chi connectivity index (χ1n) is 5.55. The molecule has 0 fully saturated rings. The maximum atomic E-state index is 11.4. The number of rotatable bonds is 3. The van der Waals surface area contributed by atoms with Crippen molar-refractivity contribution in [2.24, 2.45) is 0 Å². The molecule has 2 N–H and O–H groups in total. The van der Waals surface area contributed by atoms with Gasteiger partial charge in [0, 0.05) is 31.5 Å². The summed E-state index contributed by atoms with van der Waals surface area (Å²) in [5, 5.41) is 6.01. The number of methoxy groups -OCH3 is 1. The first-order valence-corrected chi connectivity index (χ1v) is 5.55. The van der Waals surface area contributed by atoms with Gasteiger partial charge in [-0.3, -0.25) is 4.79 Å². The highest BCUT2D eigenvalue weighted by molar-refractivity contribution is 5.91. The van der Waals surface area contributed by atoms with E-state index in [4.69, 9.17) is 9.47 Å². The maximum absolute atomic E-state index is 11.4. The second-order valence-electron chi connectivity index (χ2n) is 3.83. The largest absolute Gasteiger partial charge is 0.492 e. The molecule has 0 radical (unpaired) electrons. The minimum atomic E-state index is -0.157. The number of hydrogen-bond acceptors (Lipinski definition) is 4. The average molecular weight is 273 g/mol. The third-order valence-corrected chi connectivity index (χ3v) is 2.47. The summed E-state index contributed by atoms with van der Waals surface area (Å²) in [6.07, 6.45) is 0. The fourth-order valence-corrected chi connectivity index (χ4v) is 1.72. The van der Waals surface area contributed by atoms with E-state index in [-0.39, 0.29) is 24.9 Å². The van der Waals surface area contributed by atoms with Crippen LogP contribution in [0.3, 0.4) is 0 Å². The number of halogens is 1. The predicted octanol–water partition coefficient (Wildman–Crippen LogP) is 1.18. The van der Waals surface area contributed by atoms with Crippen LogP contribution < -0.4 is 15.4 Å². The molecule has 1 aliphatic rings. The highest BCUT2D eigenvalue weighted by Crippen LogP contribution is 2.24. The standard InChI is InChI=1S/C12H16N2O3.ClH/c1-16-8-12(15)14-10-2-3-11-9(6-10)7-13-4-5-17-11;/h2-3,6,13H,4-5,7-8H2,1H3,(H,14,15);1H. The molecule has 2 rings (SSSR count). The number of fused-ring (bicyclic) bond motifs is 1. The lowest BCUT2D eigenvalue weighted by Crippen LogP contribution is -2.17. The molecule has 100 valence electrons. The molecule has 1 aromatic rings. The molecule has 0 saturated heterocycles. The quantitative estimate of drug-likeness (QED) is 0.867. The summed E-state index contributed by atoms with van der Waals surface area (Å²) in [5.41, 5.74) is 1.82. The summed E-state index contributed by atoms with van der Waals surface area (Å²) >= 11 is 0. The molecule has 1 aliphatic heterocycles. The van der Waals surface area contributed by atoms with E-state index in [0.717, 1.165) is 30.1 Å². The first-order chi connectivity index (χ1) is 8.29. The lowest BCUT2D eigenvalue weighted by atomic mass is 10.1. The van der Waals surface area contributed by atoms with Gasteiger partial charge >= 0.3 is 0 Å². The number of anilines is 1. The van der Waals surface area contributed by atoms with E-state index in [9.17, 15) is 4.79 Å². The highest BCUT2D eigenvalue weighted by Gasteiger charge is 2.10. The lowest BCUT2D eigenvalue weighted by molar-refractivity contribution is -0.119. The zero-order valence-electron chi connectivity index (χ0n) is 10.2. The minimum Gasteiger partial charge on any atom is -0.492 e. The van der Waals surface area contributed by atoms with Gasteiger partial charge in [0.05, 0.1) is 0 Å². The monoisotopic (exact) mass is 272 g/mol. The zero-order chi connectivity index (χ0) is 12.1. The molecule has 0 spiro atoms. The van der Waals surface area contributed by atoms with Crippen molar-refractivity contribution in [3.63, 3.8) is 0 Å². The van der Waals surface area contributed by atoms with E-state index in [2.05, 4.69) is 10.6 Å². The van der Waals surface area contributed by atoms with E-state index in [0.29, 0.717) is 6.61 Å². The molecule has 0 bridgehead atoms. The number of carbonyl (C=O) groups excluding carboxylic acids is 1. The summed E-state index contributed by atoms with van der Waals surface area (Å²) in [6, 6.07) is 5.63. The third-order valence-electron chi connectivity index (χ3n) is 2.47. The Bertz CT molecular complexity index is 412. The summed E-state index contributed by atoms with van der Waals surface area (Å²) in [7, 11) is 1.49. The fourth-order valence-electron chi connectivity index (χ4n) is 1.72. The van der Waals surface area contributed by atoms with Gasteiger partial charge in [0.15, 0.2) is 0 Å². The van der Waals surface area contributed by atoms with Crippen LogP contribution in [0.4, 0.5) is 5.69 Å². The van der Waals surface area contributed by atoms with Crippen molar-refractivity contribution in [3.8, 4) is 5.75 Å². The lowest BCUT2D eigenvalue weighted by Gasteiger charge is -2.09. The molecular formula is C12H17ClN2O3. The average Bonchev–Trinajstić information content (AvgIpc) is 2.53. The van der Waals surface area contributed by atoms with Crippen molar-refractivity contribution in [1.29, 1.82) is 0 Å². The molecule has 0 atom stereocenters. The van der Waals surface area contributed by atoms with Crippen LogP contribution in [0.15, 0.2) is 18.2 Å². The number of amides is 1. The van der Waals surface area contributed by atoms with Crippen molar-refractivity contribution < 1.29 is 14.3 Å². The summed E-state index contributed by atoms with van der Waals surface area (Å²) in [6.45, 7) is 2.32. The van der Waals surface area contributed by atoms with Crippen LogP contribution in [0.1, 0.15) is 5.56 Å². The van der Waals surface area contributed by atoms with Gasteiger partial charge in [0.2, 0.25) is 5.91 Å². The van der Waals surface area contributed by atoms with E-state index >= 15 is 0 Å². The van der Waals surface area contributed by atoms with Gasteiger partial charge in [0.25, 0.3) is 0 Å². The first kappa shape index (κ1) is 14.8. The van der Waals surface area contributed by atoms with Gasteiger partial charge in [0.1, 0.15) is 19.0 Å². The minimum absolute atomic E-state index is 0. The van der Waals surface area contributed by atoms with Crippen LogP contribution in [0, 0.1) is 0 Å². The topological polar surface area (TPSA) is 59.6 Å². The molecule has 18 heavy (non-hydrogen) atoms. The fraction of sp³-hybridized carbons (Fsp3) is 0.417. The number of nitrogens with one attached hydrogen (secondary N) is 2. The van der Waals surface area contributed by atoms with Crippen molar-refractivity contribution in [1.82, 2.24) is 5.32 Å². The van der Waals surface area contributed by atoms with Crippen LogP contribution >= 0.6 is 12.4 Å². The van der Waals surface area contributed by atoms with E-state index in [1.807, 2.05) is 18.2 Å². The summed E-state index contributed by atoms with van der Waals surface area (Å²) in [4.78, 5) is 11.4. The number of carbonyl (C=O) groups is 1. The van der Waals surface area contributed by atoms with Crippen LogP contribution in [0.25, 0.3) is 0 Å². The van der Waals surface area contributed by atoms with Gasteiger partial charge < -0.3 is 20.1 Å². The number of benzene rings is 1. The maximum Gasteiger partial charge on any atom is 0.250 e. The smallest absolute Gasteiger partial charge is 0.250 e. The predicted molar refractivity (Wildman–Crippen MR) is 71.4 cm³/mol. The third kappa shape index (κ3) is 3.87. The summed E-state index contributed by atoms with van der Waals surface area (Å²) < 4.78 is 10.3. The molecule has 1 aromatic carbocycles. The molecule has 1 heterocycles.